The van der Waals surface area contributed by atoms with E-state index in [1.807, 2.05) is 12.1 Å². The van der Waals surface area contributed by atoms with E-state index >= 15 is 0 Å². The summed E-state index contributed by atoms with van der Waals surface area (Å²) in [6.07, 6.45) is 8.81. The number of esters is 1. The van der Waals surface area contributed by atoms with E-state index in [0.29, 0.717) is 12.1 Å². The van der Waals surface area contributed by atoms with Crippen molar-refractivity contribution < 1.29 is 18.7 Å². The summed E-state index contributed by atoms with van der Waals surface area (Å²) >= 11 is 0. The first-order chi connectivity index (χ1) is 11.6. The van der Waals surface area contributed by atoms with Crippen LogP contribution in [0, 0.1) is 11.8 Å². The molecule has 1 amide bonds. The largest absolute Gasteiger partial charge is 0.469 e. The van der Waals surface area contributed by atoms with Gasteiger partial charge in [0.15, 0.2) is 11.9 Å². The van der Waals surface area contributed by atoms with Gasteiger partial charge in [0, 0.05) is 5.92 Å². The van der Waals surface area contributed by atoms with Crippen LogP contribution >= 0.6 is 0 Å². The molecular weight excluding hydrogens is 308 g/mol. The van der Waals surface area contributed by atoms with Crippen LogP contribution in [0.1, 0.15) is 25.0 Å². The lowest BCUT2D eigenvalue weighted by Gasteiger charge is -2.20. The normalized spacial score (nSPS) is 28.7. The lowest BCUT2D eigenvalue weighted by Crippen LogP contribution is -2.33. The first-order valence-corrected chi connectivity index (χ1v) is 7.93. The quantitative estimate of drug-likeness (QED) is 0.797. The van der Waals surface area contributed by atoms with Gasteiger partial charge in [-0.3, -0.25) is 9.59 Å². The van der Waals surface area contributed by atoms with Gasteiger partial charge in [-0.25, -0.2) is 4.99 Å². The van der Waals surface area contributed by atoms with E-state index in [-0.39, 0.29) is 29.5 Å². The predicted molar refractivity (Wildman–Crippen MR) is 86.8 cm³/mol. The maximum Gasteiger partial charge on any atom is 0.310 e. The van der Waals surface area contributed by atoms with Crippen LogP contribution in [0.4, 0.5) is 0 Å². The molecule has 4 rings (SSSR count). The van der Waals surface area contributed by atoms with Crippen molar-refractivity contribution in [1.82, 2.24) is 0 Å². The topological polar surface area (TPSA) is 81.2 Å². The molecule has 1 aromatic heterocycles. The molecule has 2 heterocycles. The average molecular weight is 324 g/mol. The lowest BCUT2D eigenvalue weighted by molar-refractivity contribution is -0.147. The van der Waals surface area contributed by atoms with Crippen molar-refractivity contribution in [2.45, 2.75) is 25.4 Å². The van der Waals surface area contributed by atoms with Gasteiger partial charge in [-0.2, -0.15) is 4.99 Å². The zero-order chi connectivity index (χ0) is 16.7. The molecule has 0 saturated heterocycles. The van der Waals surface area contributed by atoms with Crippen molar-refractivity contribution >= 4 is 23.4 Å². The van der Waals surface area contributed by atoms with Crippen LogP contribution in [0.2, 0.25) is 0 Å². The first kappa shape index (κ1) is 14.8. The Morgan fingerprint density at radius 3 is 3.04 bits per heavy atom. The van der Waals surface area contributed by atoms with Crippen molar-refractivity contribution in [3.05, 3.63) is 48.5 Å². The van der Waals surface area contributed by atoms with E-state index in [9.17, 15) is 9.59 Å². The van der Waals surface area contributed by atoms with Gasteiger partial charge in [0.1, 0.15) is 11.7 Å². The fourth-order valence-corrected chi connectivity index (χ4v) is 2.96. The van der Waals surface area contributed by atoms with E-state index in [1.165, 1.54) is 0 Å². The van der Waals surface area contributed by atoms with E-state index in [0.717, 1.165) is 5.76 Å². The summed E-state index contributed by atoms with van der Waals surface area (Å²) in [6, 6.07) is 3.67. The number of amidine groups is 1. The number of amides is 1. The van der Waals surface area contributed by atoms with Crippen molar-refractivity contribution in [1.29, 1.82) is 0 Å². The molecule has 0 aromatic carbocycles. The van der Waals surface area contributed by atoms with Gasteiger partial charge >= 0.3 is 5.97 Å². The molecule has 0 bridgehead atoms. The second-order valence-corrected chi connectivity index (χ2v) is 6.11. The second kappa shape index (κ2) is 5.70. The Kier molecular flexibility index (Phi) is 3.52. The lowest BCUT2D eigenvalue weighted by atomic mass is 9.96. The number of carbonyl (C=O) groups excluding carboxylic acids is 2. The summed E-state index contributed by atoms with van der Waals surface area (Å²) in [4.78, 5) is 32.7. The summed E-state index contributed by atoms with van der Waals surface area (Å²) in [7, 11) is 0. The highest BCUT2D eigenvalue weighted by atomic mass is 16.5. The molecule has 0 spiro atoms. The Bertz CT molecular complexity index is 801. The fraction of sp³-hybridized carbons (Fsp3) is 0.333. The number of ether oxygens (including phenoxy) is 1. The molecule has 1 saturated carbocycles. The summed E-state index contributed by atoms with van der Waals surface area (Å²) < 4.78 is 10.8. The Balaban J connectivity index is 1.42. The SMILES string of the molecule is CC(OC(=O)C1CC1c1ccco1)C1=NC(=O)C2C=CC=CC2=N1. The molecule has 0 N–H and O–H groups in total. The Labute approximate surface area is 138 Å². The van der Waals surface area contributed by atoms with Crippen molar-refractivity contribution in [3.63, 3.8) is 0 Å². The number of rotatable bonds is 4. The van der Waals surface area contributed by atoms with E-state index in [2.05, 4.69) is 9.98 Å². The van der Waals surface area contributed by atoms with Gasteiger partial charge < -0.3 is 9.15 Å². The van der Waals surface area contributed by atoms with Crippen LogP contribution in [-0.4, -0.2) is 29.5 Å². The zero-order valence-electron chi connectivity index (χ0n) is 13.1. The molecule has 1 aromatic rings. The molecule has 6 heteroatoms. The molecule has 4 atom stereocenters. The molecule has 122 valence electrons. The molecule has 6 nitrogen and oxygen atoms in total. The molecule has 24 heavy (non-hydrogen) atoms. The third-order valence-corrected chi connectivity index (χ3v) is 4.39. The van der Waals surface area contributed by atoms with E-state index in [1.54, 1.807) is 37.5 Å². The smallest absolute Gasteiger partial charge is 0.310 e. The van der Waals surface area contributed by atoms with Crippen LogP contribution in [0.25, 0.3) is 0 Å². The monoisotopic (exact) mass is 324 g/mol. The predicted octanol–water partition coefficient (Wildman–Crippen LogP) is 2.44. The second-order valence-electron chi connectivity index (χ2n) is 6.11. The van der Waals surface area contributed by atoms with Crippen LogP contribution in [0.5, 0.6) is 0 Å². The number of hydrogen-bond donors (Lipinski definition) is 0. The highest BCUT2D eigenvalue weighted by Crippen LogP contribution is 2.48. The summed E-state index contributed by atoms with van der Waals surface area (Å²) in [5.41, 5.74) is 0.635. The highest BCUT2D eigenvalue weighted by molar-refractivity contribution is 6.22. The maximum absolute atomic E-state index is 12.3. The summed E-state index contributed by atoms with van der Waals surface area (Å²) in [5, 5.41) is 0. The molecule has 1 fully saturated rings. The van der Waals surface area contributed by atoms with Gasteiger partial charge in [0.25, 0.3) is 5.91 Å². The zero-order valence-corrected chi connectivity index (χ0v) is 13.1. The Morgan fingerprint density at radius 1 is 1.38 bits per heavy atom. The van der Waals surface area contributed by atoms with Crippen LogP contribution in [0.15, 0.2) is 57.1 Å². The fourth-order valence-electron chi connectivity index (χ4n) is 2.96. The summed E-state index contributed by atoms with van der Waals surface area (Å²) in [6.45, 7) is 1.68. The van der Waals surface area contributed by atoms with E-state index in [4.69, 9.17) is 9.15 Å². The van der Waals surface area contributed by atoms with Gasteiger partial charge in [-0.1, -0.05) is 18.2 Å². The number of aliphatic imine (C=N–C) groups is 2. The van der Waals surface area contributed by atoms with E-state index < -0.39 is 12.0 Å². The molecule has 1 aliphatic heterocycles. The van der Waals surface area contributed by atoms with Crippen LogP contribution in [-0.2, 0) is 14.3 Å². The minimum atomic E-state index is -0.660. The van der Waals surface area contributed by atoms with Gasteiger partial charge in [0.05, 0.1) is 17.9 Å². The molecule has 3 aliphatic rings. The van der Waals surface area contributed by atoms with Gasteiger partial charge in [-0.05, 0) is 31.6 Å². The van der Waals surface area contributed by atoms with Crippen molar-refractivity contribution in [2.24, 2.45) is 21.8 Å². The van der Waals surface area contributed by atoms with Crippen LogP contribution < -0.4 is 0 Å². The number of allylic oxidation sites excluding steroid dienone is 3. The number of furan rings is 1. The number of hydrogen-bond acceptors (Lipinski definition) is 5. The van der Waals surface area contributed by atoms with Gasteiger partial charge in [-0.15, -0.1) is 0 Å². The minimum Gasteiger partial charge on any atom is -0.469 e. The number of nitrogens with zero attached hydrogens (tertiary/aromatic N) is 2. The van der Waals surface area contributed by atoms with Crippen LogP contribution in [0.3, 0.4) is 0 Å². The molecule has 4 unspecified atom stereocenters. The Morgan fingerprint density at radius 2 is 2.25 bits per heavy atom. The summed E-state index contributed by atoms with van der Waals surface area (Å²) in [5.74, 6) is -0.0767. The highest BCUT2D eigenvalue weighted by Gasteiger charge is 2.47. The Hall–Kier alpha value is -2.76. The average Bonchev–Trinajstić information content (AvgIpc) is 3.20. The third-order valence-electron chi connectivity index (χ3n) is 4.39. The molecule has 0 radical (unpaired) electrons. The van der Waals surface area contributed by atoms with Gasteiger partial charge in [0.2, 0.25) is 0 Å². The van der Waals surface area contributed by atoms with Crippen molar-refractivity contribution in [3.8, 4) is 0 Å². The van der Waals surface area contributed by atoms with Crippen molar-refractivity contribution in [2.75, 3.05) is 0 Å². The number of carbonyl (C=O) groups is 2. The number of fused-ring (bicyclic) bond motifs is 1. The standard InChI is InChI=1S/C18H16N2O4/c1-10(16-19-14-6-3-2-5-11(14)17(21)20-16)24-18(22)13-9-12(13)15-7-4-8-23-15/h2-8,10-13H,9H2,1H3. The minimum absolute atomic E-state index is 0.0803. The third kappa shape index (κ3) is 2.64. The maximum atomic E-state index is 12.3. The first-order valence-electron chi connectivity index (χ1n) is 7.93. The molecule has 2 aliphatic carbocycles. The molecular formula is C18H16N2O4.